The summed E-state index contributed by atoms with van der Waals surface area (Å²) in [6.45, 7) is 7.81. The smallest absolute Gasteiger partial charge is 0.333 e. The average Bonchev–Trinajstić information content (AvgIpc) is 3.09. The first-order chi connectivity index (χ1) is 12.4. The molecule has 4 atom stereocenters. The topological polar surface area (TPSA) is 58.6 Å². The van der Waals surface area contributed by atoms with Gasteiger partial charge in [0.1, 0.15) is 12.1 Å². The molecule has 1 saturated heterocycles. The number of benzene rings is 1. The van der Waals surface area contributed by atoms with Crippen LogP contribution < -0.4 is 5.32 Å². The van der Waals surface area contributed by atoms with Gasteiger partial charge >= 0.3 is 12.0 Å². The summed E-state index contributed by atoms with van der Waals surface area (Å²) in [4.78, 5) is 28.0. The Morgan fingerprint density at radius 2 is 2.00 bits per heavy atom. The fraction of sp³-hybridized carbons (Fsp3) is 0.619. The minimum Gasteiger partial charge on any atom is -0.459 e. The van der Waals surface area contributed by atoms with Gasteiger partial charge in [0.15, 0.2) is 0 Å². The van der Waals surface area contributed by atoms with Crippen LogP contribution in [0.2, 0.25) is 0 Å². The third-order valence-electron chi connectivity index (χ3n) is 7.68. The SMILES string of the molecule is CCNC(=O)N1CC2(C)C3CCC2(C)C1(C(=O)OCc1ccccc1)C3. The zero-order valence-corrected chi connectivity index (χ0v) is 15.9. The molecule has 1 aliphatic heterocycles. The Balaban J connectivity index is 1.65. The van der Waals surface area contributed by atoms with Crippen molar-refractivity contribution in [3.8, 4) is 0 Å². The molecule has 1 heterocycles. The first kappa shape index (κ1) is 17.4. The number of urea groups is 1. The van der Waals surface area contributed by atoms with Crippen molar-refractivity contribution in [2.45, 2.75) is 52.2 Å². The largest absolute Gasteiger partial charge is 0.459 e. The predicted molar refractivity (Wildman–Crippen MR) is 98.3 cm³/mol. The molecule has 0 spiro atoms. The highest BCUT2D eigenvalue weighted by Gasteiger charge is 2.81. The number of hydrogen-bond acceptors (Lipinski definition) is 3. The Labute approximate surface area is 155 Å². The van der Waals surface area contributed by atoms with Gasteiger partial charge in [0.25, 0.3) is 0 Å². The number of carbonyl (C=O) groups is 2. The normalized spacial score (nSPS) is 37.0. The van der Waals surface area contributed by atoms with Gasteiger partial charge in [-0.15, -0.1) is 0 Å². The molecule has 2 aliphatic carbocycles. The van der Waals surface area contributed by atoms with E-state index in [0.717, 1.165) is 24.8 Å². The Hall–Kier alpha value is -2.04. The lowest BCUT2D eigenvalue weighted by Gasteiger charge is -2.45. The number of carbonyl (C=O) groups excluding carboxylic acids is 2. The number of rotatable bonds is 4. The highest BCUT2D eigenvalue weighted by molar-refractivity contribution is 5.91. The number of piperidine rings is 1. The number of esters is 1. The second-order valence-electron chi connectivity index (χ2n) is 8.53. The lowest BCUT2D eigenvalue weighted by Crippen LogP contribution is -2.63. The van der Waals surface area contributed by atoms with Crippen LogP contribution in [0.3, 0.4) is 0 Å². The molecule has 3 fully saturated rings. The van der Waals surface area contributed by atoms with Crippen LogP contribution in [0.25, 0.3) is 0 Å². The van der Waals surface area contributed by atoms with Crippen LogP contribution in [0.5, 0.6) is 0 Å². The zero-order valence-electron chi connectivity index (χ0n) is 15.9. The van der Waals surface area contributed by atoms with Gasteiger partial charge in [0, 0.05) is 18.5 Å². The summed E-state index contributed by atoms with van der Waals surface area (Å²) in [6.07, 6.45) is 2.85. The van der Waals surface area contributed by atoms with Crippen LogP contribution in [-0.4, -0.2) is 35.5 Å². The van der Waals surface area contributed by atoms with Gasteiger partial charge in [-0.05, 0) is 43.1 Å². The van der Waals surface area contributed by atoms with E-state index >= 15 is 0 Å². The van der Waals surface area contributed by atoms with Crippen molar-refractivity contribution in [1.29, 1.82) is 0 Å². The minimum absolute atomic E-state index is 0.0101. The van der Waals surface area contributed by atoms with E-state index in [9.17, 15) is 9.59 Å². The lowest BCUT2D eigenvalue weighted by molar-refractivity contribution is -0.163. The number of amides is 2. The summed E-state index contributed by atoms with van der Waals surface area (Å²) in [7, 11) is 0. The third kappa shape index (κ3) is 1.97. The average molecular weight is 356 g/mol. The number of likely N-dealkylation sites (tertiary alicyclic amines) is 1. The predicted octanol–water partition coefficient (Wildman–Crippen LogP) is 3.34. The maximum Gasteiger partial charge on any atom is 0.333 e. The van der Waals surface area contributed by atoms with Gasteiger partial charge in [0.2, 0.25) is 0 Å². The Morgan fingerprint density at radius 1 is 1.27 bits per heavy atom. The van der Waals surface area contributed by atoms with Gasteiger partial charge < -0.3 is 15.0 Å². The molecule has 26 heavy (non-hydrogen) atoms. The molecule has 4 bridgehead atoms. The molecule has 1 N–H and O–H groups in total. The second-order valence-corrected chi connectivity index (χ2v) is 8.53. The summed E-state index contributed by atoms with van der Waals surface area (Å²) in [5, 5.41) is 2.90. The standard InChI is InChI=1S/C21H28N2O3/c1-4-22-18(25)23-14-19(2)16-10-11-20(19,3)21(23,12-16)17(24)26-13-15-8-6-5-7-9-15/h5-9,16H,4,10-14H2,1-3H3,(H,22,25). The fourth-order valence-corrected chi connectivity index (χ4v) is 6.03. The first-order valence-electron chi connectivity index (χ1n) is 9.66. The summed E-state index contributed by atoms with van der Waals surface area (Å²) in [5.41, 5.74) is -0.0950. The molecular weight excluding hydrogens is 328 g/mol. The number of nitrogens with one attached hydrogen (secondary N) is 1. The zero-order chi connectivity index (χ0) is 18.6. The third-order valence-corrected chi connectivity index (χ3v) is 7.68. The van der Waals surface area contributed by atoms with E-state index < -0.39 is 5.54 Å². The van der Waals surface area contributed by atoms with E-state index in [-0.39, 0.29) is 29.4 Å². The maximum absolute atomic E-state index is 13.4. The van der Waals surface area contributed by atoms with E-state index in [2.05, 4.69) is 19.2 Å². The molecule has 5 heteroatoms. The van der Waals surface area contributed by atoms with E-state index in [0.29, 0.717) is 19.0 Å². The molecule has 2 amide bonds. The molecule has 1 aromatic rings. The van der Waals surface area contributed by atoms with Crippen molar-refractivity contribution in [2.75, 3.05) is 13.1 Å². The van der Waals surface area contributed by atoms with Gasteiger partial charge in [-0.3, -0.25) is 0 Å². The number of ether oxygens (including phenoxy) is 1. The van der Waals surface area contributed by atoms with Crippen molar-refractivity contribution in [3.05, 3.63) is 35.9 Å². The summed E-state index contributed by atoms with van der Waals surface area (Å²) < 4.78 is 5.79. The van der Waals surface area contributed by atoms with Crippen molar-refractivity contribution in [3.63, 3.8) is 0 Å². The highest BCUT2D eigenvalue weighted by Crippen LogP contribution is 2.75. The fourth-order valence-electron chi connectivity index (χ4n) is 6.03. The van der Waals surface area contributed by atoms with Crippen LogP contribution in [-0.2, 0) is 16.1 Å². The Morgan fingerprint density at radius 3 is 2.65 bits per heavy atom. The molecule has 3 aliphatic rings. The van der Waals surface area contributed by atoms with E-state index in [4.69, 9.17) is 4.74 Å². The molecule has 5 nitrogen and oxygen atoms in total. The molecule has 4 rings (SSSR count). The molecule has 1 aromatic carbocycles. The van der Waals surface area contributed by atoms with Crippen LogP contribution in [0.1, 0.15) is 45.6 Å². The van der Waals surface area contributed by atoms with Gasteiger partial charge in [0.05, 0.1) is 0 Å². The molecule has 0 radical (unpaired) electrons. The van der Waals surface area contributed by atoms with Crippen LogP contribution in [0.4, 0.5) is 4.79 Å². The lowest BCUT2D eigenvalue weighted by atomic mass is 9.65. The van der Waals surface area contributed by atoms with Crippen LogP contribution >= 0.6 is 0 Å². The van der Waals surface area contributed by atoms with Crippen molar-refractivity contribution in [1.82, 2.24) is 10.2 Å². The Bertz CT molecular complexity index is 736. The summed E-state index contributed by atoms with van der Waals surface area (Å²) in [6, 6.07) is 9.59. The van der Waals surface area contributed by atoms with Crippen molar-refractivity contribution < 1.29 is 14.3 Å². The van der Waals surface area contributed by atoms with Gasteiger partial charge in [-0.25, -0.2) is 9.59 Å². The molecule has 0 aromatic heterocycles. The van der Waals surface area contributed by atoms with Gasteiger partial charge in [-0.1, -0.05) is 44.2 Å². The highest BCUT2D eigenvalue weighted by atomic mass is 16.5. The summed E-state index contributed by atoms with van der Waals surface area (Å²) >= 11 is 0. The van der Waals surface area contributed by atoms with E-state index in [1.807, 2.05) is 37.3 Å². The molecule has 4 unspecified atom stereocenters. The van der Waals surface area contributed by atoms with Crippen LogP contribution in [0, 0.1) is 16.7 Å². The van der Waals surface area contributed by atoms with E-state index in [1.165, 1.54) is 0 Å². The second kappa shape index (κ2) is 5.73. The van der Waals surface area contributed by atoms with Crippen LogP contribution in [0.15, 0.2) is 30.3 Å². The molecular formula is C21H28N2O3. The molecule has 140 valence electrons. The monoisotopic (exact) mass is 356 g/mol. The van der Waals surface area contributed by atoms with Crippen molar-refractivity contribution >= 4 is 12.0 Å². The Kier molecular flexibility index (Phi) is 3.83. The number of hydrogen-bond donors (Lipinski definition) is 1. The van der Waals surface area contributed by atoms with E-state index in [1.54, 1.807) is 4.90 Å². The minimum atomic E-state index is -0.835. The number of nitrogens with zero attached hydrogens (tertiary/aromatic N) is 1. The summed E-state index contributed by atoms with van der Waals surface area (Å²) in [5.74, 6) is 0.253. The first-order valence-corrected chi connectivity index (χ1v) is 9.66. The van der Waals surface area contributed by atoms with Gasteiger partial charge in [-0.2, -0.15) is 0 Å². The molecule has 2 saturated carbocycles. The quantitative estimate of drug-likeness (QED) is 0.842. The maximum atomic E-state index is 13.4. The van der Waals surface area contributed by atoms with Crippen molar-refractivity contribution in [2.24, 2.45) is 16.7 Å².